The standard InChI is InChI=1S/C10H17N3O2/c1-5-8-11-9(6-2)13(12-8)7(3)10(14)15-4/h7H,5-6H2,1-4H3/t7-/m1/s1. The minimum absolute atomic E-state index is 0.294. The summed E-state index contributed by atoms with van der Waals surface area (Å²) in [5.41, 5.74) is 0. The van der Waals surface area contributed by atoms with Gasteiger partial charge in [-0.1, -0.05) is 13.8 Å². The highest BCUT2D eigenvalue weighted by Gasteiger charge is 2.20. The van der Waals surface area contributed by atoms with Gasteiger partial charge in [0.15, 0.2) is 5.82 Å². The van der Waals surface area contributed by atoms with Gasteiger partial charge in [-0.25, -0.2) is 14.5 Å². The molecule has 0 aliphatic carbocycles. The SMILES string of the molecule is CCc1nc(CC)n([C@H](C)C(=O)OC)n1. The van der Waals surface area contributed by atoms with E-state index in [-0.39, 0.29) is 5.97 Å². The van der Waals surface area contributed by atoms with Gasteiger partial charge in [-0.05, 0) is 6.92 Å². The normalized spacial score (nSPS) is 12.5. The molecule has 0 radical (unpaired) electrons. The average molecular weight is 211 g/mol. The van der Waals surface area contributed by atoms with E-state index in [4.69, 9.17) is 0 Å². The molecule has 0 aliphatic heterocycles. The maximum atomic E-state index is 11.4. The molecule has 15 heavy (non-hydrogen) atoms. The molecular weight excluding hydrogens is 194 g/mol. The second-order valence-corrected chi connectivity index (χ2v) is 3.30. The van der Waals surface area contributed by atoms with Crippen LogP contribution in [0.2, 0.25) is 0 Å². The molecule has 0 spiro atoms. The Balaban J connectivity index is 3.00. The highest BCUT2D eigenvalue weighted by Crippen LogP contribution is 2.11. The molecule has 84 valence electrons. The third kappa shape index (κ3) is 2.34. The van der Waals surface area contributed by atoms with Crippen LogP contribution >= 0.6 is 0 Å². The quantitative estimate of drug-likeness (QED) is 0.701. The van der Waals surface area contributed by atoms with Crippen molar-refractivity contribution in [2.75, 3.05) is 7.11 Å². The first-order valence-electron chi connectivity index (χ1n) is 5.16. The second-order valence-electron chi connectivity index (χ2n) is 3.30. The van der Waals surface area contributed by atoms with Gasteiger partial charge in [-0.2, -0.15) is 5.10 Å². The fourth-order valence-corrected chi connectivity index (χ4v) is 1.38. The highest BCUT2D eigenvalue weighted by atomic mass is 16.5. The fraction of sp³-hybridized carbons (Fsp3) is 0.700. The molecule has 0 bridgehead atoms. The minimum atomic E-state index is -0.405. The predicted molar refractivity (Wildman–Crippen MR) is 55.5 cm³/mol. The van der Waals surface area contributed by atoms with Gasteiger partial charge in [-0.3, -0.25) is 0 Å². The molecule has 0 aromatic carbocycles. The Kier molecular flexibility index (Phi) is 3.82. The number of aromatic nitrogens is 3. The van der Waals surface area contributed by atoms with Gasteiger partial charge < -0.3 is 4.74 Å². The van der Waals surface area contributed by atoms with Gasteiger partial charge in [0.1, 0.15) is 11.9 Å². The first kappa shape index (κ1) is 11.7. The summed E-state index contributed by atoms with van der Waals surface area (Å²) in [6.07, 6.45) is 1.53. The van der Waals surface area contributed by atoms with Crippen LogP contribution < -0.4 is 0 Å². The molecule has 5 nitrogen and oxygen atoms in total. The van der Waals surface area contributed by atoms with Gasteiger partial charge in [0.25, 0.3) is 0 Å². The van der Waals surface area contributed by atoms with E-state index >= 15 is 0 Å². The van der Waals surface area contributed by atoms with Crippen LogP contribution in [0, 0.1) is 0 Å². The number of methoxy groups -OCH3 is 1. The molecule has 1 rings (SSSR count). The molecule has 0 N–H and O–H groups in total. The lowest BCUT2D eigenvalue weighted by molar-refractivity contribution is -0.144. The Labute approximate surface area is 89.5 Å². The smallest absolute Gasteiger partial charge is 0.330 e. The lowest BCUT2D eigenvalue weighted by Crippen LogP contribution is -2.20. The third-order valence-corrected chi connectivity index (χ3v) is 2.29. The van der Waals surface area contributed by atoms with Crippen molar-refractivity contribution in [1.82, 2.24) is 14.8 Å². The minimum Gasteiger partial charge on any atom is -0.467 e. The van der Waals surface area contributed by atoms with Crippen LogP contribution in [0.5, 0.6) is 0 Å². The monoisotopic (exact) mass is 211 g/mol. The first-order valence-corrected chi connectivity index (χ1v) is 5.16. The summed E-state index contributed by atoms with van der Waals surface area (Å²) < 4.78 is 6.32. The zero-order valence-corrected chi connectivity index (χ0v) is 9.65. The summed E-state index contributed by atoms with van der Waals surface area (Å²) in [7, 11) is 1.38. The summed E-state index contributed by atoms with van der Waals surface area (Å²) in [6, 6.07) is -0.405. The van der Waals surface area contributed by atoms with E-state index in [1.54, 1.807) is 11.6 Å². The van der Waals surface area contributed by atoms with Crippen molar-refractivity contribution in [3.05, 3.63) is 11.6 Å². The molecule has 0 aliphatic rings. The Hall–Kier alpha value is -1.39. The predicted octanol–water partition coefficient (Wildman–Crippen LogP) is 1.14. The molecule has 0 amide bonds. The van der Waals surface area contributed by atoms with Crippen molar-refractivity contribution in [2.24, 2.45) is 0 Å². The van der Waals surface area contributed by atoms with E-state index in [2.05, 4.69) is 14.8 Å². The number of nitrogens with zero attached hydrogens (tertiary/aromatic N) is 3. The fourth-order valence-electron chi connectivity index (χ4n) is 1.38. The molecule has 1 heterocycles. The van der Waals surface area contributed by atoms with E-state index in [9.17, 15) is 4.79 Å². The molecule has 1 aromatic heterocycles. The maximum absolute atomic E-state index is 11.4. The topological polar surface area (TPSA) is 57.0 Å². The maximum Gasteiger partial charge on any atom is 0.330 e. The van der Waals surface area contributed by atoms with Gasteiger partial charge >= 0.3 is 5.97 Å². The van der Waals surface area contributed by atoms with Gasteiger partial charge in [-0.15, -0.1) is 0 Å². The van der Waals surface area contributed by atoms with Crippen LogP contribution in [0.4, 0.5) is 0 Å². The molecule has 0 saturated heterocycles. The Bertz CT molecular complexity index is 346. The number of rotatable bonds is 4. The molecule has 1 aromatic rings. The van der Waals surface area contributed by atoms with Crippen LogP contribution in [0.25, 0.3) is 0 Å². The Morgan fingerprint density at radius 1 is 1.47 bits per heavy atom. The van der Waals surface area contributed by atoms with E-state index in [0.29, 0.717) is 0 Å². The summed E-state index contributed by atoms with van der Waals surface area (Å²) >= 11 is 0. The lowest BCUT2D eigenvalue weighted by atomic mass is 10.3. The van der Waals surface area contributed by atoms with Crippen molar-refractivity contribution < 1.29 is 9.53 Å². The van der Waals surface area contributed by atoms with Crippen molar-refractivity contribution in [3.63, 3.8) is 0 Å². The largest absolute Gasteiger partial charge is 0.467 e. The van der Waals surface area contributed by atoms with Crippen molar-refractivity contribution >= 4 is 5.97 Å². The van der Waals surface area contributed by atoms with Gasteiger partial charge in [0.05, 0.1) is 7.11 Å². The third-order valence-electron chi connectivity index (χ3n) is 2.29. The van der Waals surface area contributed by atoms with Crippen LogP contribution in [-0.4, -0.2) is 27.8 Å². The number of aryl methyl sites for hydroxylation is 2. The Morgan fingerprint density at radius 2 is 2.13 bits per heavy atom. The van der Waals surface area contributed by atoms with Gasteiger partial charge in [0, 0.05) is 12.8 Å². The number of carbonyl (C=O) groups excluding carboxylic acids is 1. The van der Waals surface area contributed by atoms with Crippen molar-refractivity contribution in [1.29, 1.82) is 0 Å². The summed E-state index contributed by atoms with van der Waals surface area (Å²) in [5.74, 6) is 1.30. The Morgan fingerprint density at radius 3 is 2.60 bits per heavy atom. The van der Waals surface area contributed by atoms with E-state index in [1.165, 1.54) is 7.11 Å². The summed E-state index contributed by atoms with van der Waals surface area (Å²) in [6.45, 7) is 5.74. The summed E-state index contributed by atoms with van der Waals surface area (Å²) in [5, 5.41) is 4.27. The average Bonchev–Trinajstić information content (AvgIpc) is 2.69. The van der Waals surface area contributed by atoms with Crippen LogP contribution in [-0.2, 0) is 22.4 Å². The van der Waals surface area contributed by atoms with E-state index in [0.717, 1.165) is 24.5 Å². The van der Waals surface area contributed by atoms with Crippen LogP contribution in [0.1, 0.15) is 38.5 Å². The molecular formula is C10H17N3O2. The molecule has 0 unspecified atom stereocenters. The van der Waals surface area contributed by atoms with E-state index < -0.39 is 6.04 Å². The number of carbonyl (C=O) groups is 1. The number of esters is 1. The zero-order chi connectivity index (χ0) is 11.4. The zero-order valence-electron chi connectivity index (χ0n) is 9.65. The molecule has 5 heteroatoms. The number of hydrogen-bond acceptors (Lipinski definition) is 4. The lowest BCUT2D eigenvalue weighted by Gasteiger charge is -2.10. The number of hydrogen-bond donors (Lipinski definition) is 0. The second kappa shape index (κ2) is 4.91. The highest BCUT2D eigenvalue weighted by molar-refractivity contribution is 5.73. The van der Waals surface area contributed by atoms with Crippen molar-refractivity contribution in [3.8, 4) is 0 Å². The van der Waals surface area contributed by atoms with Crippen LogP contribution in [0.15, 0.2) is 0 Å². The first-order chi connectivity index (χ1) is 7.13. The number of ether oxygens (including phenoxy) is 1. The molecule has 0 fully saturated rings. The van der Waals surface area contributed by atoms with Crippen LogP contribution in [0.3, 0.4) is 0 Å². The van der Waals surface area contributed by atoms with E-state index in [1.807, 2.05) is 13.8 Å². The molecule has 0 saturated carbocycles. The van der Waals surface area contributed by atoms with Crippen molar-refractivity contribution in [2.45, 2.75) is 39.7 Å². The molecule has 1 atom stereocenters. The summed E-state index contributed by atoms with van der Waals surface area (Å²) in [4.78, 5) is 15.7. The van der Waals surface area contributed by atoms with Gasteiger partial charge in [0.2, 0.25) is 0 Å².